The van der Waals surface area contributed by atoms with Crippen molar-refractivity contribution in [2.45, 2.75) is 13.5 Å². The van der Waals surface area contributed by atoms with Crippen molar-refractivity contribution in [1.82, 2.24) is 5.32 Å². The van der Waals surface area contributed by atoms with Crippen molar-refractivity contribution in [2.75, 3.05) is 0 Å². The molecule has 1 aliphatic heterocycles. The van der Waals surface area contributed by atoms with Crippen LogP contribution < -0.4 is 5.32 Å². The van der Waals surface area contributed by atoms with Gasteiger partial charge in [-0.05, 0) is 54.5 Å². The molecule has 3 rings (SSSR count). The number of nitrogens with one attached hydrogen (secondary N) is 1. The molecule has 0 aliphatic carbocycles. The quantitative estimate of drug-likeness (QED) is 0.855. The number of amides is 1. The van der Waals surface area contributed by atoms with Crippen LogP contribution in [-0.2, 0) is 16.1 Å². The van der Waals surface area contributed by atoms with Crippen LogP contribution in [0.2, 0.25) is 0 Å². The molecule has 0 saturated heterocycles. The molecule has 0 aromatic heterocycles. The van der Waals surface area contributed by atoms with Crippen molar-refractivity contribution in [3.05, 3.63) is 107 Å². The highest BCUT2D eigenvalue weighted by Gasteiger charge is 2.15. The molecule has 128 valence electrons. The van der Waals surface area contributed by atoms with E-state index in [0.29, 0.717) is 12.3 Å². The van der Waals surface area contributed by atoms with Crippen molar-refractivity contribution in [3.8, 4) is 11.8 Å². The van der Waals surface area contributed by atoms with E-state index in [4.69, 9.17) is 4.74 Å². The summed E-state index contributed by atoms with van der Waals surface area (Å²) in [6, 6.07) is 17.7. The third kappa shape index (κ3) is 4.75. The summed E-state index contributed by atoms with van der Waals surface area (Å²) in [5.74, 6) is 6.92. The van der Waals surface area contributed by atoms with Crippen molar-refractivity contribution >= 4 is 5.91 Å². The van der Waals surface area contributed by atoms with Crippen LogP contribution in [0.5, 0.6) is 0 Å². The van der Waals surface area contributed by atoms with Crippen LogP contribution in [0.3, 0.4) is 0 Å². The first kappa shape index (κ1) is 17.3. The highest BCUT2D eigenvalue weighted by molar-refractivity contribution is 5.92. The molecule has 0 saturated carbocycles. The SMILES string of the molecule is C=C1C=C(C)OC(C(=O)NCc2ccc(C#Cc3ccccc3)cc2)=C1. The van der Waals surface area contributed by atoms with Gasteiger partial charge in [-0.3, -0.25) is 4.79 Å². The number of rotatable bonds is 3. The highest BCUT2D eigenvalue weighted by Crippen LogP contribution is 2.17. The molecule has 2 aromatic rings. The lowest BCUT2D eigenvalue weighted by atomic mass is 10.1. The number of hydrogen-bond donors (Lipinski definition) is 1. The second-order valence-corrected chi connectivity index (χ2v) is 5.94. The zero-order valence-corrected chi connectivity index (χ0v) is 14.6. The van der Waals surface area contributed by atoms with Crippen LogP contribution >= 0.6 is 0 Å². The van der Waals surface area contributed by atoms with E-state index < -0.39 is 0 Å². The first-order chi connectivity index (χ1) is 12.6. The van der Waals surface area contributed by atoms with E-state index in [-0.39, 0.29) is 11.7 Å². The summed E-state index contributed by atoms with van der Waals surface area (Å²) in [4.78, 5) is 12.2. The topological polar surface area (TPSA) is 38.3 Å². The fraction of sp³-hybridized carbons (Fsp3) is 0.0870. The molecule has 0 bridgehead atoms. The van der Waals surface area contributed by atoms with Gasteiger partial charge in [0.2, 0.25) is 0 Å². The lowest BCUT2D eigenvalue weighted by Gasteiger charge is -2.15. The van der Waals surface area contributed by atoms with Gasteiger partial charge in [-0.2, -0.15) is 0 Å². The molecule has 1 amide bonds. The first-order valence-corrected chi connectivity index (χ1v) is 8.31. The lowest BCUT2D eigenvalue weighted by molar-refractivity contribution is -0.120. The molecule has 0 unspecified atom stereocenters. The first-order valence-electron chi connectivity index (χ1n) is 8.31. The second kappa shape index (κ2) is 8.04. The summed E-state index contributed by atoms with van der Waals surface area (Å²) in [6.45, 7) is 6.05. The molecule has 1 N–H and O–H groups in total. The molecule has 3 heteroatoms. The second-order valence-electron chi connectivity index (χ2n) is 5.94. The molecule has 0 radical (unpaired) electrons. The predicted molar refractivity (Wildman–Crippen MR) is 103 cm³/mol. The van der Waals surface area contributed by atoms with E-state index >= 15 is 0 Å². The van der Waals surface area contributed by atoms with Gasteiger partial charge in [-0.25, -0.2) is 0 Å². The van der Waals surface area contributed by atoms with E-state index in [1.807, 2.05) is 54.6 Å². The van der Waals surface area contributed by atoms with Crippen LogP contribution in [0.4, 0.5) is 0 Å². The van der Waals surface area contributed by atoms with Crippen LogP contribution in [0.15, 0.2) is 90.4 Å². The van der Waals surface area contributed by atoms with Crippen LogP contribution in [0.1, 0.15) is 23.6 Å². The minimum atomic E-state index is -0.258. The van der Waals surface area contributed by atoms with Gasteiger partial charge in [0, 0.05) is 17.7 Å². The van der Waals surface area contributed by atoms with Gasteiger partial charge in [0.25, 0.3) is 5.91 Å². The largest absolute Gasteiger partial charge is 0.456 e. The molecule has 26 heavy (non-hydrogen) atoms. The van der Waals surface area contributed by atoms with Crippen LogP contribution in [0, 0.1) is 11.8 Å². The standard InChI is InChI=1S/C23H19NO2/c1-17-14-18(2)26-22(15-17)23(25)24-16-21-12-10-20(11-13-21)9-8-19-6-4-3-5-7-19/h3-7,10-15H,1,16H2,2H3,(H,24,25). The monoisotopic (exact) mass is 341 g/mol. The molecular formula is C23H19NO2. The Bertz CT molecular complexity index is 939. The van der Waals surface area contributed by atoms with E-state index in [2.05, 4.69) is 23.7 Å². The van der Waals surface area contributed by atoms with E-state index in [1.165, 1.54) is 0 Å². The Morgan fingerprint density at radius 3 is 2.31 bits per heavy atom. The van der Waals surface area contributed by atoms with E-state index in [9.17, 15) is 4.79 Å². The third-order valence-corrected chi connectivity index (χ3v) is 3.73. The Labute approximate surface area is 153 Å². The molecule has 2 aromatic carbocycles. The predicted octanol–water partition coefficient (Wildman–Crippen LogP) is 4.08. The number of allylic oxidation sites excluding steroid dienone is 4. The number of ether oxygens (including phenoxy) is 1. The number of carbonyl (C=O) groups is 1. The van der Waals surface area contributed by atoms with Gasteiger partial charge in [0.15, 0.2) is 5.76 Å². The van der Waals surface area contributed by atoms with Gasteiger partial charge < -0.3 is 10.1 Å². The Morgan fingerprint density at radius 1 is 1.00 bits per heavy atom. The molecule has 0 fully saturated rings. The van der Waals surface area contributed by atoms with Crippen molar-refractivity contribution in [1.29, 1.82) is 0 Å². The zero-order chi connectivity index (χ0) is 18.4. The van der Waals surface area contributed by atoms with Gasteiger partial charge >= 0.3 is 0 Å². The summed E-state index contributed by atoms with van der Waals surface area (Å²) in [6.07, 6.45) is 3.41. The normalized spacial score (nSPS) is 12.9. The molecule has 3 nitrogen and oxygen atoms in total. The van der Waals surface area contributed by atoms with Gasteiger partial charge in [0.05, 0.1) is 0 Å². The number of carbonyl (C=O) groups excluding carboxylic acids is 1. The number of benzene rings is 2. The summed E-state index contributed by atoms with van der Waals surface area (Å²) in [5, 5.41) is 2.85. The van der Waals surface area contributed by atoms with Gasteiger partial charge in [-0.1, -0.05) is 48.8 Å². The zero-order valence-electron chi connectivity index (χ0n) is 14.6. The molecule has 0 spiro atoms. The Balaban J connectivity index is 1.57. The average Bonchev–Trinajstić information content (AvgIpc) is 2.65. The minimum absolute atomic E-state index is 0.258. The van der Waals surface area contributed by atoms with Gasteiger partial charge in [-0.15, -0.1) is 0 Å². The third-order valence-electron chi connectivity index (χ3n) is 3.73. The fourth-order valence-electron chi connectivity index (χ4n) is 2.46. The van der Waals surface area contributed by atoms with Crippen LogP contribution in [0.25, 0.3) is 0 Å². The molecular weight excluding hydrogens is 322 g/mol. The average molecular weight is 341 g/mol. The molecule has 0 atom stereocenters. The van der Waals surface area contributed by atoms with Crippen molar-refractivity contribution in [2.24, 2.45) is 0 Å². The maximum Gasteiger partial charge on any atom is 0.287 e. The maximum atomic E-state index is 12.2. The number of hydrogen-bond acceptors (Lipinski definition) is 2. The molecule has 1 heterocycles. The van der Waals surface area contributed by atoms with E-state index in [1.54, 1.807) is 19.1 Å². The molecule has 1 aliphatic rings. The van der Waals surface area contributed by atoms with Gasteiger partial charge in [0.1, 0.15) is 5.76 Å². The maximum absolute atomic E-state index is 12.2. The summed E-state index contributed by atoms with van der Waals surface area (Å²) >= 11 is 0. The highest BCUT2D eigenvalue weighted by atomic mass is 16.5. The minimum Gasteiger partial charge on any atom is -0.456 e. The van der Waals surface area contributed by atoms with Crippen LogP contribution in [-0.4, -0.2) is 5.91 Å². The summed E-state index contributed by atoms with van der Waals surface area (Å²) in [5.41, 5.74) is 3.65. The Kier molecular flexibility index (Phi) is 5.36. The lowest BCUT2D eigenvalue weighted by Crippen LogP contribution is -2.26. The smallest absolute Gasteiger partial charge is 0.287 e. The van der Waals surface area contributed by atoms with E-state index in [0.717, 1.165) is 22.3 Å². The Morgan fingerprint density at radius 2 is 1.65 bits per heavy atom. The Hall–Kier alpha value is -3.51. The fourth-order valence-corrected chi connectivity index (χ4v) is 2.46. The van der Waals surface area contributed by atoms with Crippen molar-refractivity contribution < 1.29 is 9.53 Å². The summed E-state index contributed by atoms with van der Waals surface area (Å²) < 4.78 is 5.43. The summed E-state index contributed by atoms with van der Waals surface area (Å²) in [7, 11) is 0. The van der Waals surface area contributed by atoms with Crippen molar-refractivity contribution in [3.63, 3.8) is 0 Å².